The van der Waals surface area contributed by atoms with Crippen molar-refractivity contribution in [3.8, 4) is 0 Å². The van der Waals surface area contributed by atoms with Crippen molar-refractivity contribution in [2.75, 3.05) is 0 Å². The van der Waals surface area contributed by atoms with E-state index in [9.17, 15) is 4.79 Å². The van der Waals surface area contributed by atoms with Gasteiger partial charge in [0.25, 0.3) is 5.56 Å². The minimum atomic E-state index is -0.139. The lowest BCUT2D eigenvalue weighted by atomic mass is 10.3. The first-order valence-corrected chi connectivity index (χ1v) is 5.18. The molecule has 0 saturated heterocycles. The van der Waals surface area contributed by atoms with Crippen LogP contribution >= 0.6 is 11.6 Å². The van der Waals surface area contributed by atoms with Crippen molar-refractivity contribution >= 4 is 11.6 Å². The molecule has 0 bridgehead atoms. The summed E-state index contributed by atoms with van der Waals surface area (Å²) in [6.45, 7) is 2.17. The Hall–Kier alpha value is -1.68. The van der Waals surface area contributed by atoms with Crippen molar-refractivity contribution in [3.63, 3.8) is 0 Å². The maximum absolute atomic E-state index is 11.6. The van der Waals surface area contributed by atoms with Crippen molar-refractivity contribution in [1.29, 1.82) is 0 Å². The Morgan fingerprint density at radius 1 is 1.50 bits per heavy atom. The number of rotatable bonds is 2. The van der Waals surface area contributed by atoms with Crippen LogP contribution in [0.1, 0.15) is 11.1 Å². The number of pyridine rings is 1. The van der Waals surface area contributed by atoms with Crippen LogP contribution in [0.5, 0.6) is 0 Å². The second-order valence-electron chi connectivity index (χ2n) is 3.48. The van der Waals surface area contributed by atoms with Gasteiger partial charge in [-0.15, -0.1) is 0 Å². The van der Waals surface area contributed by atoms with Gasteiger partial charge >= 0.3 is 0 Å². The summed E-state index contributed by atoms with van der Waals surface area (Å²) >= 11 is 5.90. The van der Waals surface area contributed by atoms with Crippen molar-refractivity contribution < 1.29 is 0 Å². The van der Waals surface area contributed by atoms with Crippen LogP contribution in [0.2, 0.25) is 5.15 Å². The standard InChI is InChI=1S/C11H10ClN3O/c1-8-5-10(16)15(14-6-8)7-9-3-2-4-13-11(9)12/h2-6H,7H2,1H3. The number of hydrogen-bond acceptors (Lipinski definition) is 3. The van der Waals surface area contributed by atoms with Crippen molar-refractivity contribution in [2.45, 2.75) is 13.5 Å². The molecule has 2 aromatic heterocycles. The van der Waals surface area contributed by atoms with Crippen molar-refractivity contribution in [1.82, 2.24) is 14.8 Å². The van der Waals surface area contributed by atoms with Gasteiger partial charge in [0.05, 0.1) is 12.7 Å². The van der Waals surface area contributed by atoms with Crippen LogP contribution in [0.25, 0.3) is 0 Å². The summed E-state index contributed by atoms with van der Waals surface area (Å²) in [6.07, 6.45) is 3.25. The van der Waals surface area contributed by atoms with E-state index in [4.69, 9.17) is 11.6 Å². The van der Waals surface area contributed by atoms with E-state index in [0.29, 0.717) is 11.7 Å². The molecule has 0 fully saturated rings. The predicted molar refractivity (Wildman–Crippen MR) is 61.6 cm³/mol. The first kappa shape index (κ1) is 10.8. The molecule has 16 heavy (non-hydrogen) atoms. The largest absolute Gasteiger partial charge is 0.268 e. The molecule has 0 amide bonds. The molecule has 0 aliphatic heterocycles. The van der Waals surface area contributed by atoms with E-state index in [1.807, 2.05) is 13.0 Å². The van der Waals surface area contributed by atoms with Crippen LogP contribution in [-0.4, -0.2) is 14.8 Å². The highest BCUT2D eigenvalue weighted by Gasteiger charge is 2.03. The summed E-state index contributed by atoms with van der Waals surface area (Å²) in [4.78, 5) is 15.5. The zero-order valence-corrected chi connectivity index (χ0v) is 9.48. The van der Waals surface area contributed by atoms with Crippen molar-refractivity contribution in [3.05, 3.63) is 57.2 Å². The molecule has 0 aliphatic carbocycles. The highest BCUT2D eigenvalue weighted by molar-refractivity contribution is 6.30. The Morgan fingerprint density at radius 2 is 2.31 bits per heavy atom. The molecule has 82 valence electrons. The lowest BCUT2D eigenvalue weighted by molar-refractivity contribution is 0.635. The zero-order chi connectivity index (χ0) is 11.5. The van der Waals surface area contributed by atoms with E-state index in [1.54, 1.807) is 18.5 Å². The van der Waals surface area contributed by atoms with E-state index in [1.165, 1.54) is 10.7 Å². The second-order valence-corrected chi connectivity index (χ2v) is 3.84. The molecule has 2 heterocycles. The molecular weight excluding hydrogens is 226 g/mol. The van der Waals surface area contributed by atoms with Gasteiger partial charge in [-0.25, -0.2) is 9.67 Å². The SMILES string of the molecule is Cc1cnn(Cc2cccnc2Cl)c(=O)c1. The number of hydrogen-bond donors (Lipinski definition) is 0. The van der Waals surface area contributed by atoms with Gasteiger partial charge < -0.3 is 0 Å². The van der Waals surface area contributed by atoms with Crippen LogP contribution in [0.3, 0.4) is 0 Å². The number of aryl methyl sites for hydroxylation is 1. The summed E-state index contributed by atoms with van der Waals surface area (Å²) < 4.78 is 1.36. The summed E-state index contributed by atoms with van der Waals surface area (Å²) in [6, 6.07) is 5.14. The molecule has 5 heteroatoms. The lowest BCUT2D eigenvalue weighted by Gasteiger charge is -2.05. The fraction of sp³-hybridized carbons (Fsp3) is 0.182. The molecule has 2 rings (SSSR count). The third-order valence-electron chi connectivity index (χ3n) is 2.16. The van der Waals surface area contributed by atoms with Crippen LogP contribution in [0, 0.1) is 6.92 Å². The number of nitrogens with zero attached hydrogens (tertiary/aromatic N) is 3. The zero-order valence-electron chi connectivity index (χ0n) is 8.72. The molecule has 0 saturated carbocycles. The van der Waals surface area contributed by atoms with E-state index < -0.39 is 0 Å². The predicted octanol–water partition coefficient (Wildman–Crippen LogP) is 1.65. The molecular formula is C11H10ClN3O. The molecule has 0 aliphatic rings. The smallest absolute Gasteiger partial charge is 0.267 e. The molecule has 0 N–H and O–H groups in total. The maximum Gasteiger partial charge on any atom is 0.267 e. The highest BCUT2D eigenvalue weighted by Crippen LogP contribution is 2.11. The Kier molecular flexibility index (Phi) is 3.01. The molecule has 0 unspecified atom stereocenters. The van der Waals surface area contributed by atoms with Crippen LogP contribution < -0.4 is 5.56 Å². The Labute approximate surface area is 97.5 Å². The van der Waals surface area contributed by atoms with Gasteiger partial charge in [-0.2, -0.15) is 5.10 Å². The van der Waals surface area contributed by atoms with Gasteiger partial charge in [0.2, 0.25) is 0 Å². The van der Waals surface area contributed by atoms with Gasteiger partial charge in [-0.1, -0.05) is 17.7 Å². The Balaban J connectivity index is 2.35. The highest BCUT2D eigenvalue weighted by atomic mass is 35.5. The minimum Gasteiger partial charge on any atom is -0.268 e. The number of halogens is 1. The third kappa shape index (κ3) is 2.28. The first-order valence-electron chi connectivity index (χ1n) is 4.80. The normalized spacial score (nSPS) is 10.4. The third-order valence-corrected chi connectivity index (χ3v) is 2.50. The molecule has 2 aromatic rings. The van der Waals surface area contributed by atoms with Crippen LogP contribution in [0.4, 0.5) is 0 Å². The van der Waals surface area contributed by atoms with Gasteiger partial charge in [-0.3, -0.25) is 4.79 Å². The summed E-state index contributed by atoms with van der Waals surface area (Å²) in [7, 11) is 0. The molecule has 0 atom stereocenters. The van der Waals surface area contributed by atoms with Gasteiger partial charge in [0.15, 0.2) is 0 Å². The Bertz CT molecular complexity index is 565. The lowest BCUT2D eigenvalue weighted by Crippen LogP contribution is -2.22. The summed E-state index contributed by atoms with van der Waals surface area (Å²) in [5.41, 5.74) is 1.49. The fourth-order valence-corrected chi connectivity index (χ4v) is 1.52. The first-order chi connectivity index (χ1) is 7.66. The second kappa shape index (κ2) is 4.45. The van der Waals surface area contributed by atoms with E-state index >= 15 is 0 Å². The topological polar surface area (TPSA) is 47.8 Å². The van der Waals surface area contributed by atoms with E-state index in [0.717, 1.165) is 11.1 Å². The minimum absolute atomic E-state index is 0.139. The van der Waals surface area contributed by atoms with Gasteiger partial charge in [-0.05, 0) is 18.6 Å². The number of aromatic nitrogens is 3. The van der Waals surface area contributed by atoms with Gasteiger partial charge in [0.1, 0.15) is 5.15 Å². The van der Waals surface area contributed by atoms with Crippen molar-refractivity contribution in [2.24, 2.45) is 0 Å². The average Bonchev–Trinajstić information content (AvgIpc) is 2.25. The fourth-order valence-electron chi connectivity index (χ4n) is 1.34. The molecule has 4 nitrogen and oxygen atoms in total. The average molecular weight is 236 g/mol. The monoisotopic (exact) mass is 235 g/mol. The summed E-state index contributed by atoms with van der Waals surface area (Å²) in [5.74, 6) is 0. The van der Waals surface area contributed by atoms with E-state index in [-0.39, 0.29) is 5.56 Å². The van der Waals surface area contributed by atoms with Crippen LogP contribution in [-0.2, 0) is 6.54 Å². The van der Waals surface area contributed by atoms with Gasteiger partial charge in [0, 0.05) is 17.8 Å². The van der Waals surface area contributed by atoms with E-state index in [2.05, 4.69) is 10.1 Å². The Morgan fingerprint density at radius 3 is 3.00 bits per heavy atom. The summed E-state index contributed by atoms with van der Waals surface area (Å²) in [5, 5.41) is 4.43. The quantitative estimate of drug-likeness (QED) is 0.744. The van der Waals surface area contributed by atoms with Crippen LogP contribution in [0.15, 0.2) is 35.4 Å². The molecule has 0 radical (unpaired) electrons. The molecule has 0 aromatic carbocycles. The maximum atomic E-state index is 11.6. The molecule has 0 spiro atoms.